The Morgan fingerprint density at radius 2 is 2.20 bits per heavy atom. The molecular formula is C11H15N7O2. The molecule has 0 saturated heterocycles. The monoisotopic (exact) mass is 277 g/mol. The van der Waals surface area contributed by atoms with E-state index in [1.54, 1.807) is 11.8 Å². The number of fused-ring (bicyclic) bond motifs is 1. The SMILES string of the molecule is Nc1nc(N)c2ncn([C@@H]3CC[C@@H](C(=O)NO)C3)c2n1. The van der Waals surface area contributed by atoms with E-state index in [0.29, 0.717) is 24.0 Å². The second kappa shape index (κ2) is 4.60. The molecule has 20 heavy (non-hydrogen) atoms. The minimum Gasteiger partial charge on any atom is -0.382 e. The van der Waals surface area contributed by atoms with Crippen LogP contribution in [0.25, 0.3) is 11.2 Å². The summed E-state index contributed by atoms with van der Waals surface area (Å²) in [6.07, 6.45) is 3.75. The van der Waals surface area contributed by atoms with Crippen LogP contribution in [-0.4, -0.2) is 30.6 Å². The molecule has 1 aliphatic carbocycles. The fourth-order valence-electron chi connectivity index (χ4n) is 2.76. The molecule has 1 aliphatic rings. The summed E-state index contributed by atoms with van der Waals surface area (Å²) in [7, 11) is 0. The number of amides is 1. The number of nitrogen functional groups attached to an aromatic ring is 2. The molecule has 3 rings (SSSR count). The number of hydrogen-bond acceptors (Lipinski definition) is 7. The van der Waals surface area contributed by atoms with Gasteiger partial charge >= 0.3 is 0 Å². The number of carbonyl (C=O) groups excluding carboxylic acids is 1. The molecule has 0 spiro atoms. The van der Waals surface area contributed by atoms with Gasteiger partial charge in [-0.1, -0.05) is 0 Å². The highest BCUT2D eigenvalue weighted by Crippen LogP contribution is 2.36. The Labute approximate surface area is 114 Å². The minimum atomic E-state index is -0.356. The Morgan fingerprint density at radius 1 is 1.40 bits per heavy atom. The summed E-state index contributed by atoms with van der Waals surface area (Å²) in [6, 6.07) is 0.0796. The number of nitrogens with two attached hydrogens (primary N) is 2. The number of nitrogens with one attached hydrogen (secondary N) is 1. The molecule has 6 N–H and O–H groups in total. The van der Waals surface area contributed by atoms with E-state index in [0.717, 1.165) is 6.42 Å². The van der Waals surface area contributed by atoms with Gasteiger partial charge in [0, 0.05) is 12.0 Å². The molecule has 9 nitrogen and oxygen atoms in total. The Morgan fingerprint density at radius 3 is 2.95 bits per heavy atom. The highest BCUT2D eigenvalue weighted by atomic mass is 16.5. The summed E-state index contributed by atoms with van der Waals surface area (Å²) in [5.41, 5.74) is 14.2. The van der Waals surface area contributed by atoms with Gasteiger partial charge in [0.05, 0.1) is 6.33 Å². The third-order valence-corrected chi connectivity index (χ3v) is 3.75. The number of imidazole rings is 1. The van der Waals surface area contributed by atoms with E-state index in [2.05, 4.69) is 15.0 Å². The number of hydrogen-bond donors (Lipinski definition) is 4. The van der Waals surface area contributed by atoms with Crippen molar-refractivity contribution in [2.75, 3.05) is 11.5 Å². The summed E-state index contributed by atoms with van der Waals surface area (Å²) in [5.74, 6) is -0.224. The molecule has 0 aromatic carbocycles. The van der Waals surface area contributed by atoms with Gasteiger partial charge in [-0.05, 0) is 19.3 Å². The lowest BCUT2D eigenvalue weighted by molar-refractivity contribution is -0.133. The van der Waals surface area contributed by atoms with Crippen molar-refractivity contribution < 1.29 is 10.0 Å². The number of anilines is 2. The molecule has 1 saturated carbocycles. The van der Waals surface area contributed by atoms with E-state index in [1.165, 1.54) is 0 Å². The molecule has 2 aromatic heterocycles. The number of nitrogens with zero attached hydrogens (tertiary/aromatic N) is 4. The molecule has 2 aromatic rings. The lowest BCUT2D eigenvalue weighted by Crippen LogP contribution is -2.26. The zero-order valence-electron chi connectivity index (χ0n) is 10.7. The van der Waals surface area contributed by atoms with Crippen LogP contribution in [-0.2, 0) is 4.79 Å². The first-order valence-corrected chi connectivity index (χ1v) is 6.29. The molecule has 9 heteroatoms. The molecule has 0 aliphatic heterocycles. The lowest BCUT2D eigenvalue weighted by Gasteiger charge is -2.12. The van der Waals surface area contributed by atoms with Crippen molar-refractivity contribution in [1.29, 1.82) is 0 Å². The van der Waals surface area contributed by atoms with Gasteiger partial charge in [-0.3, -0.25) is 10.0 Å². The lowest BCUT2D eigenvalue weighted by atomic mass is 10.1. The molecule has 0 radical (unpaired) electrons. The van der Waals surface area contributed by atoms with Gasteiger partial charge in [0.2, 0.25) is 11.9 Å². The van der Waals surface area contributed by atoms with Crippen LogP contribution >= 0.6 is 0 Å². The quantitative estimate of drug-likeness (QED) is 0.440. The van der Waals surface area contributed by atoms with E-state index in [4.69, 9.17) is 16.7 Å². The summed E-state index contributed by atoms with van der Waals surface area (Å²) >= 11 is 0. The summed E-state index contributed by atoms with van der Waals surface area (Å²) in [4.78, 5) is 23.7. The van der Waals surface area contributed by atoms with Crippen LogP contribution in [0.15, 0.2) is 6.33 Å². The smallest absolute Gasteiger partial charge is 0.246 e. The summed E-state index contributed by atoms with van der Waals surface area (Å²) in [5, 5.41) is 8.68. The zero-order valence-corrected chi connectivity index (χ0v) is 10.7. The van der Waals surface area contributed by atoms with E-state index >= 15 is 0 Å². The molecule has 106 valence electrons. The maximum atomic E-state index is 11.4. The first kappa shape index (κ1) is 12.6. The van der Waals surface area contributed by atoms with Crippen molar-refractivity contribution >= 4 is 28.8 Å². The Hall–Kier alpha value is -2.42. The molecule has 2 heterocycles. The topological polar surface area (TPSA) is 145 Å². The maximum absolute atomic E-state index is 11.4. The largest absolute Gasteiger partial charge is 0.382 e. The zero-order chi connectivity index (χ0) is 14.3. The van der Waals surface area contributed by atoms with E-state index in [-0.39, 0.29) is 29.6 Å². The standard InChI is InChI=1S/C11H15N7O2/c12-8-7-9(16-11(13)15-8)18(4-14-7)6-2-1-5(3-6)10(19)17-20/h4-6,20H,1-3H2,(H,17,19)(H4,12,13,15,16)/t5-,6-/m1/s1. The summed E-state index contributed by atoms with van der Waals surface area (Å²) < 4.78 is 1.87. The van der Waals surface area contributed by atoms with Gasteiger partial charge in [0.1, 0.15) is 5.52 Å². The van der Waals surface area contributed by atoms with Crippen molar-refractivity contribution in [3.05, 3.63) is 6.33 Å². The average Bonchev–Trinajstić information content (AvgIpc) is 3.03. The van der Waals surface area contributed by atoms with E-state index in [1.807, 2.05) is 4.57 Å². The van der Waals surface area contributed by atoms with E-state index in [9.17, 15) is 4.79 Å². The van der Waals surface area contributed by atoms with Gasteiger partial charge in [-0.25, -0.2) is 10.5 Å². The van der Waals surface area contributed by atoms with Crippen molar-refractivity contribution in [1.82, 2.24) is 25.0 Å². The van der Waals surface area contributed by atoms with Crippen molar-refractivity contribution in [3.8, 4) is 0 Å². The van der Waals surface area contributed by atoms with Gasteiger partial charge in [0.15, 0.2) is 11.5 Å². The highest BCUT2D eigenvalue weighted by molar-refractivity contribution is 5.83. The second-order valence-electron chi connectivity index (χ2n) is 4.93. The van der Waals surface area contributed by atoms with Crippen LogP contribution < -0.4 is 16.9 Å². The van der Waals surface area contributed by atoms with Crippen LogP contribution in [0.5, 0.6) is 0 Å². The normalized spacial score (nSPS) is 22.2. The Bertz CT molecular complexity index is 668. The molecule has 0 unspecified atom stereocenters. The van der Waals surface area contributed by atoms with Crippen molar-refractivity contribution in [3.63, 3.8) is 0 Å². The van der Waals surface area contributed by atoms with Crippen LogP contribution in [0.4, 0.5) is 11.8 Å². The first-order chi connectivity index (χ1) is 9.60. The van der Waals surface area contributed by atoms with Gasteiger partial charge in [-0.2, -0.15) is 9.97 Å². The molecule has 1 amide bonds. The van der Waals surface area contributed by atoms with Crippen molar-refractivity contribution in [2.24, 2.45) is 5.92 Å². The predicted molar refractivity (Wildman–Crippen MR) is 70.5 cm³/mol. The van der Waals surface area contributed by atoms with Gasteiger partial charge in [-0.15, -0.1) is 0 Å². The third-order valence-electron chi connectivity index (χ3n) is 3.75. The minimum absolute atomic E-state index is 0.0796. The number of rotatable bonds is 2. The maximum Gasteiger partial charge on any atom is 0.246 e. The van der Waals surface area contributed by atoms with E-state index < -0.39 is 0 Å². The fraction of sp³-hybridized carbons (Fsp3) is 0.455. The highest BCUT2D eigenvalue weighted by Gasteiger charge is 2.31. The van der Waals surface area contributed by atoms with Crippen LogP contribution in [0.1, 0.15) is 25.3 Å². The average molecular weight is 277 g/mol. The molecule has 2 atom stereocenters. The molecular weight excluding hydrogens is 262 g/mol. The number of hydroxylamine groups is 1. The molecule has 1 fully saturated rings. The van der Waals surface area contributed by atoms with Crippen molar-refractivity contribution in [2.45, 2.75) is 25.3 Å². The molecule has 0 bridgehead atoms. The van der Waals surface area contributed by atoms with Gasteiger partial charge in [0.25, 0.3) is 0 Å². The second-order valence-corrected chi connectivity index (χ2v) is 4.93. The van der Waals surface area contributed by atoms with Crippen LogP contribution in [0.3, 0.4) is 0 Å². The Balaban J connectivity index is 1.94. The van der Waals surface area contributed by atoms with Gasteiger partial charge < -0.3 is 16.0 Å². The predicted octanol–water partition coefficient (Wildman–Crippen LogP) is -0.163. The van der Waals surface area contributed by atoms with Crippen LogP contribution in [0.2, 0.25) is 0 Å². The number of carbonyl (C=O) groups is 1. The Kier molecular flexibility index (Phi) is 2.90. The van der Waals surface area contributed by atoms with Crippen LogP contribution in [0, 0.1) is 5.92 Å². The third kappa shape index (κ3) is 1.92. The first-order valence-electron chi connectivity index (χ1n) is 6.29. The number of aromatic nitrogens is 4. The fourth-order valence-corrected chi connectivity index (χ4v) is 2.76. The summed E-state index contributed by atoms with van der Waals surface area (Å²) in [6.45, 7) is 0.